The third kappa shape index (κ3) is 2.40. The van der Waals surface area contributed by atoms with E-state index in [0.29, 0.717) is 0 Å². The molecule has 0 saturated carbocycles. The van der Waals surface area contributed by atoms with Gasteiger partial charge in [0, 0.05) is 25.7 Å². The molecular weight excluding hydrogens is 200 g/mol. The van der Waals surface area contributed by atoms with E-state index in [4.69, 9.17) is 0 Å². The molecule has 1 aromatic rings. The molecule has 0 aliphatic carbocycles. The molecule has 0 bridgehead atoms. The summed E-state index contributed by atoms with van der Waals surface area (Å²) in [7, 11) is 3.07. The fourth-order valence-corrected chi connectivity index (χ4v) is 21.9. The van der Waals surface area contributed by atoms with E-state index in [9.17, 15) is 0 Å². The van der Waals surface area contributed by atoms with Crippen molar-refractivity contribution in [1.82, 2.24) is 4.98 Å². The maximum Gasteiger partial charge on any atom is 0.111 e. The molecule has 2 nitrogen and oxygen atoms in total. The highest BCUT2D eigenvalue weighted by molar-refractivity contribution is 7.05. The molecule has 0 amide bonds. The Kier molecular flexibility index (Phi) is 3.76. The summed E-state index contributed by atoms with van der Waals surface area (Å²) < 4.78 is 2.62. The Balaban J connectivity index is 2.74. The summed E-state index contributed by atoms with van der Waals surface area (Å²) in [6, 6.07) is 6.23. The Bertz CT molecular complexity index is 201. The molecule has 60 valence electrons. The number of nitrogens with zero attached hydrogens (tertiary/aromatic N) is 2. The van der Waals surface area contributed by atoms with Crippen LogP contribution in [0.5, 0.6) is 0 Å². The van der Waals surface area contributed by atoms with E-state index in [0.717, 1.165) is 0 Å². The predicted octanol–water partition coefficient (Wildman–Crippen LogP) is -3.38. The largest absolute Gasteiger partial charge is 0.425 e. The van der Waals surface area contributed by atoms with Gasteiger partial charge in [-0.3, -0.25) is 0 Å². The van der Waals surface area contributed by atoms with Crippen LogP contribution in [0.2, 0.25) is 0 Å². The zero-order chi connectivity index (χ0) is 8.10. The van der Waals surface area contributed by atoms with E-state index in [1.54, 1.807) is 0 Å². The molecule has 0 N–H and O–H groups in total. The van der Waals surface area contributed by atoms with Crippen LogP contribution in [0, 0.1) is 0 Å². The van der Waals surface area contributed by atoms with Crippen LogP contribution in [-0.4, -0.2) is 42.9 Å². The quantitative estimate of drug-likeness (QED) is 0.488. The summed E-state index contributed by atoms with van der Waals surface area (Å²) in [5.74, 6) is 1.26. The van der Waals surface area contributed by atoms with Gasteiger partial charge in [0.2, 0.25) is 0 Å². The zero-order valence-electron chi connectivity index (χ0n) is 7.12. The Morgan fingerprint density at radius 1 is 1.27 bits per heavy atom. The summed E-state index contributed by atoms with van der Waals surface area (Å²) in [5.41, 5.74) is 0. The number of aromatic nitrogens is 1. The number of hydrogen-bond acceptors (Lipinski definition) is 2. The fourth-order valence-electron chi connectivity index (χ4n) is 1.09. The molecule has 1 aromatic heterocycles. The number of hydrogen-bond donors (Lipinski definition) is 0. The van der Waals surface area contributed by atoms with Crippen molar-refractivity contribution in [2.24, 2.45) is 0 Å². The van der Waals surface area contributed by atoms with Crippen molar-refractivity contribution in [2.45, 2.75) is 0 Å². The second-order valence-electron chi connectivity index (χ2n) is 2.36. The van der Waals surface area contributed by atoms with E-state index in [1.165, 1.54) is 25.3 Å². The molecule has 11 heavy (non-hydrogen) atoms. The first-order valence-corrected chi connectivity index (χ1v) is 16.6. The van der Waals surface area contributed by atoms with E-state index >= 15 is 0 Å². The normalized spacial score (nSPS) is 12.4. The van der Waals surface area contributed by atoms with Crippen LogP contribution in [0.15, 0.2) is 24.4 Å². The van der Waals surface area contributed by atoms with Crippen molar-refractivity contribution in [3.05, 3.63) is 24.4 Å². The van der Waals surface area contributed by atoms with E-state index in [2.05, 4.69) is 21.3 Å². The molecule has 0 aliphatic heterocycles. The summed E-state index contributed by atoms with van der Waals surface area (Å²) in [6.07, 6.45) is 1.90. The molecule has 0 spiro atoms. The number of rotatable bonds is 3. The standard InChI is InChI=1S/C5H14N2Si4/c8-10-7(11-9)5-3-1-2-4-6-5/h1-4H,10-11H2,8-9H3. The van der Waals surface area contributed by atoms with Crippen molar-refractivity contribution in [1.29, 1.82) is 0 Å². The molecule has 6 heteroatoms. The molecule has 0 aromatic carbocycles. The van der Waals surface area contributed by atoms with Gasteiger partial charge in [-0.2, -0.15) is 0 Å². The van der Waals surface area contributed by atoms with Crippen LogP contribution in [0.3, 0.4) is 0 Å². The van der Waals surface area contributed by atoms with Crippen molar-refractivity contribution in [3.8, 4) is 0 Å². The summed E-state index contributed by atoms with van der Waals surface area (Å²) in [5, 5.41) is 0. The number of anilines is 1. The van der Waals surface area contributed by atoms with E-state index in [1.807, 2.05) is 12.3 Å². The molecule has 0 unspecified atom stereocenters. The van der Waals surface area contributed by atoms with Crippen LogP contribution < -0.4 is 4.23 Å². The minimum atomic E-state index is 0.136. The van der Waals surface area contributed by atoms with Crippen LogP contribution >= 0.6 is 0 Å². The lowest BCUT2D eigenvalue weighted by Crippen LogP contribution is -2.32. The smallest absolute Gasteiger partial charge is 0.111 e. The first-order valence-electron chi connectivity index (χ1n) is 4.04. The van der Waals surface area contributed by atoms with Crippen molar-refractivity contribution in [2.75, 3.05) is 4.23 Å². The topological polar surface area (TPSA) is 16.1 Å². The Hall–Kier alpha value is -0.182. The third-order valence-electron chi connectivity index (χ3n) is 1.74. The lowest BCUT2D eigenvalue weighted by atomic mass is 10.5. The summed E-state index contributed by atoms with van der Waals surface area (Å²) in [4.78, 5) is 4.36. The maximum absolute atomic E-state index is 4.36. The zero-order valence-corrected chi connectivity index (χ0v) is 13.9. The average Bonchev–Trinajstić information content (AvgIpc) is 2.09. The molecule has 0 atom stereocenters. The van der Waals surface area contributed by atoms with Crippen molar-refractivity contribution >= 4 is 43.7 Å². The van der Waals surface area contributed by atoms with Gasteiger partial charge in [0.1, 0.15) is 5.82 Å². The fraction of sp³-hybridized carbons (Fsp3) is 0. The lowest BCUT2D eigenvalue weighted by molar-refractivity contribution is 1.29. The molecular formula is C5H14N2Si4. The number of pyridine rings is 1. The van der Waals surface area contributed by atoms with E-state index in [-0.39, 0.29) is 18.4 Å². The highest BCUT2D eigenvalue weighted by Crippen LogP contribution is 2.03. The minimum Gasteiger partial charge on any atom is -0.425 e. The second-order valence-corrected chi connectivity index (χ2v) is 9.84. The van der Waals surface area contributed by atoms with Gasteiger partial charge in [0.15, 0.2) is 0 Å². The first-order chi connectivity index (χ1) is 5.38. The maximum atomic E-state index is 4.36. The Morgan fingerprint density at radius 3 is 2.45 bits per heavy atom. The monoisotopic (exact) mass is 214 g/mol. The predicted molar refractivity (Wildman–Crippen MR) is 63.7 cm³/mol. The van der Waals surface area contributed by atoms with Gasteiger partial charge < -0.3 is 4.23 Å². The van der Waals surface area contributed by atoms with Gasteiger partial charge >= 0.3 is 0 Å². The van der Waals surface area contributed by atoms with Gasteiger partial charge in [-0.25, -0.2) is 4.98 Å². The summed E-state index contributed by atoms with van der Waals surface area (Å²) in [6.45, 7) is 0. The van der Waals surface area contributed by atoms with E-state index < -0.39 is 0 Å². The lowest BCUT2D eigenvalue weighted by Gasteiger charge is -2.19. The third-order valence-corrected chi connectivity index (χ3v) is 16.5. The van der Waals surface area contributed by atoms with Gasteiger partial charge in [0.05, 0.1) is 18.4 Å². The molecule has 0 saturated heterocycles. The minimum absolute atomic E-state index is 0.136. The van der Waals surface area contributed by atoms with Crippen LogP contribution in [-0.2, 0) is 0 Å². The van der Waals surface area contributed by atoms with Gasteiger partial charge in [-0.1, -0.05) is 6.07 Å². The van der Waals surface area contributed by atoms with Gasteiger partial charge in [-0.15, -0.1) is 0 Å². The van der Waals surface area contributed by atoms with Gasteiger partial charge in [-0.05, 0) is 12.1 Å². The van der Waals surface area contributed by atoms with Crippen LogP contribution in [0.1, 0.15) is 0 Å². The molecule has 0 radical (unpaired) electrons. The van der Waals surface area contributed by atoms with Crippen molar-refractivity contribution in [3.63, 3.8) is 0 Å². The second kappa shape index (κ2) is 4.65. The molecule has 1 rings (SSSR count). The highest BCUT2D eigenvalue weighted by atomic mass is 29.2. The first kappa shape index (κ1) is 8.91. The Morgan fingerprint density at radius 2 is 2.00 bits per heavy atom. The molecule has 1 heterocycles. The summed E-state index contributed by atoms with van der Waals surface area (Å²) >= 11 is 0. The van der Waals surface area contributed by atoms with Crippen LogP contribution in [0.25, 0.3) is 0 Å². The van der Waals surface area contributed by atoms with Crippen molar-refractivity contribution < 1.29 is 0 Å². The highest BCUT2D eigenvalue weighted by Gasteiger charge is 1.99. The molecule has 0 fully saturated rings. The van der Waals surface area contributed by atoms with Crippen LogP contribution in [0.4, 0.5) is 5.82 Å². The average molecular weight is 215 g/mol. The van der Waals surface area contributed by atoms with Gasteiger partial charge in [0.25, 0.3) is 0 Å². The Labute approximate surface area is 77.6 Å². The SMILES string of the molecule is [SiH3][SiH2]N([SiH2][SiH3])c1ccccn1. The molecule has 0 aliphatic rings.